The molecule has 4 amide bonds. The number of aliphatic hydroxyl groups excluding tert-OH is 2. The molecule has 14 N–H and O–H groups in total. The number of amides is 4. The third-order valence-corrected chi connectivity index (χ3v) is 5.82. The molecule has 0 fully saturated rings. The largest absolute Gasteiger partial charge is 0.481 e. The van der Waals surface area contributed by atoms with Gasteiger partial charge in [-0.1, -0.05) is 13.8 Å². The van der Waals surface area contributed by atoms with Crippen LogP contribution in [0.2, 0.25) is 0 Å². The van der Waals surface area contributed by atoms with Gasteiger partial charge in [-0.3, -0.25) is 29.4 Å². The van der Waals surface area contributed by atoms with E-state index in [1.807, 2.05) is 0 Å². The Balaban J connectivity index is 5.95. The summed E-state index contributed by atoms with van der Waals surface area (Å²) in [5.74, 6) is -6.87. The van der Waals surface area contributed by atoms with Gasteiger partial charge in [-0.05, 0) is 38.5 Å². The topological polar surface area (TPSA) is 319 Å². The Hall–Kier alpha value is -4.03. The van der Waals surface area contributed by atoms with Crippen LogP contribution in [-0.2, 0) is 28.8 Å². The van der Waals surface area contributed by atoms with Crippen LogP contribution >= 0.6 is 0 Å². The summed E-state index contributed by atoms with van der Waals surface area (Å²) < 4.78 is 0. The monoisotopic (exact) mass is 604 g/mol. The van der Waals surface area contributed by atoms with Crippen LogP contribution in [0, 0.1) is 11.3 Å². The minimum atomic E-state index is -1.68. The summed E-state index contributed by atoms with van der Waals surface area (Å²) in [6, 6.07) is -7.09. The van der Waals surface area contributed by atoms with E-state index in [4.69, 9.17) is 27.1 Å². The molecular weight excluding hydrogens is 560 g/mol. The molecule has 0 aromatic rings. The maximum absolute atomic E-state index is 13.3. The fourth-order valence-corrected chi connectivity index (χ4v) is 3.59. The van der Waals surface area contributed by atoms with Crippen molar-refractivity contribution in [3.05, 3.63) is 0 Å². The summed E-state index contributed by atoms with van der Waals surface area (Å²) >= 11 is 0. The molecule has 0 aromatic heterocycles. The van der Waals surface area contributed by atoms with Gasteiger partial charge in [0, 0.05) is 13.0 Å². The zero-order valence-electron chi connectivity index (χ0n) is 23.9. The van der Waals surface area contributed by atoms with Crippen molar-refractivity contribution < 1.29 is 49.2 Å². The Morgan fingerprint density at radius 3 is 1.79 bits per heavy atom. The van der Waals surface area contributed by atoms with E-state index in [2.05, 4.69) is 26.6 Å². The number of carbonyl (C=O) groups excluding carboxylic acids is 4. The zero-order valence-corrected chi connectivity index (χ0v) is 23.9. The van der Waals surface area contributed by atoms with Crippen molar-refractivity contribution in [3.8, 4) is 0 Å². The lowest BCUT2D eigenvalue weighted by atomic mass is 10.0. The summed E-state index contributed by atoms with van der Waals surface area (Å²) in [6.07, 6.45) is -2.14. The molecular formula is C24H44N8O10. The predicted octanol–water partition coefficient (Wildman–Crippen LogP) is -4.12. The molecule has 0 aliphatic carbocycles. The SMILES string of the molecule is CC(C)C[C@H](NC(=O)[C@H](CCC(=O)O)NC(=O)[C@@H](N)CO)C(=O)N[C@@H](CCCNC(=N)N)C(=O)N[C@H](C(=O)O)[C@@H](C)O. The van der Waals surface area contributed by atoms with E-state index < -0.39 is 84.9 Å². The fraction of sp³-hybridized carbons (Fsp3) is 0.708. The summed E-state index contributed by atoms with van der Waals surface area (Å²) in [5.41, 5.74) is 10.7. The van der Waals surface area contributed by atoms with Gasteiger partial charge in [0.15, 0.2) is 12.0 Å². The standard InChI is InChI=1S/C24H44N8O10/c1-11(2)9-16(31-20(38)15(6-7-17(35)36)29-19(37)13(25)10-33)22(40)30-14(5-4-8-28-24(26)27)21(39)32-18(12(3)34)23(41)42/h11-16,18,33-34H,4-10,25H2,1-3H3,(H,29,37)(H,30,40)(H,31,38)(H,32,39)(H,35,36)(H,41,42)(H4,26,27,28)/t12-,13+,14+,15+,16+,18+/m1/s1. The molecule has 0 saturated carbocycles. The number of nitrogens with one attached hydrogen (secondary N) is 6. The van der Waals surface area contributed by atoms with Crippen LogP contribution in [0.3, 0.4) is 0 Å². The lowest BCUT2D eigenvalue weighted by molar-refractivity contribution is -0.145. The number of rotatable bonds is 20. The highest BCUT2D eigenvalue weighted by molar-refractivity contribution is 5.95. The second-order valence-corrected chi connectivity index (χ2v) is 10.1. The Labute approximate surface area is 242 Å². The first-order valence-corrected chi connectivity index (χ1v) is 13.3. The van der Waals surface area contributed by atoms with Crippen LogP contribution in [0.5, 0.6) is 0 Å². The van der Waals surface area contributed by atoms with Crippen LogP contribution in [0.25, 0.3) is 0 Å². The number of hydrogen-bond acceptors (Lipinski definition) is 10. The van der Waals surface area contributed by atoms with Gasteiger partial charge in [0.25, 0.3) is 0 Å². The molecule has 0 saturated heterocycles. The van der Waals surface area contributed by atoms with Crippen molar-refractivity contribution in [2.45, 2.75) is 89.2 Å². The maximum atomic E-state index is 13.3. The van der Waals surface area contributed by atoms with Crippen molar-refractivity contribution in [1.82, 2.24) is 26.6 Å². The summed E-state index contributed by atoms with van der Waals surface area (Å²) in [6.45, 7) is 4.05. The predicted molar refractivity (Wildman–Crippen MR) is 148 cm³/mol. The van der Waals surface area contributed by atoms with E-state index in [1.165, 1.54) is 0 Å². The number of carboxylic acids is 2. The molecule has 0 aliphatic heterocycles. The van der Waals surface area contributed by atoms with Gasteiger partial charge in [0.1, 0.15) is 24.2 Å². The third-order valence-electron chi connectivity index (χ3n) is 5.82. The molecule has 0 unspecified atom stereocenters. The average Bonchev–Trinajstić information content (AvgIpc) is 2.88. The van der Waals surface area contributed by atoms with E-state index >= 15 is 0 Å². The van der Waals surface area contributed by atoms with Crippen LogP contribution in [0.4, 0.5) is 0 Å². The van der Waals surface area contributed by atoms with Gasteiger partial charge in [0.2, 0.25) is 23.6 Å². The average molecular weight is 605 g/mol. The lowest BCUT2D eigenvalue weighted by Gasteiger charge is -2.27. The first kappa shape index (κ1) is 38.0. The van der Waals surface area contributed by atoms with E-state index in [0.29, 0.717) is 0 Å². The summed E-state index contributed by atoms with van der Waals surface area (Å²) in [4.78, 5) is 74.1. The molecule has 18 nitrogen and oxygen atoms in total. The second-order valence-electron chi connectivity index (χ2n) is 10.1. The molecule has 18 heteroatoms. The van der Waals surface area contributed by atoms with Crippen LogP contribution < -0.4 is 38.1 Å². The quantitative estimate of drug-likeness (QED) is 0.0357. The normalized spacial score (nSPS) is 15.2. The van der Waals surface area contributed by atoms with Gasteiger partial charge < -0.3 is 58.5 Å². The number of carbonyl (C=O) groups is 6. The van der Waals surface area contributed by atoms with Gasteiger partial charge in [-0.2, -0.15) is 0 Å². The highest BCUT2D eigenvalue weighted by atomic mass is 16.4. The Morgan fingerprint density at radius 2 is 1.31 bits per heavy atom. The zero-order chi connectivity index (χ0) is 32.6. The third kappa shape index (κ3) is 15.1. The van der Waals surface area contributed by atoms with E-state index in [9.17, 15) is 39.0 Å². The summed E-state index contributed by atoms with van der Waals surface area (Å²) in [7, 11) is 0. The number of nitrogens with two attached hydrogens (primary N) is 2. The van der Waals surface area contributed by atoms with E-state index in [-0.39, 0.29) is 44.1 Å². The van der Waals surface area contributed by atoms with Gasteiger partial charge in [-0.15, -0.1) is 0 Å². The molecule has 0 aliphatic rings. The minimum Gasteiger partial charge on any atom is -0.481 e. The molecule has 0 aromatic carbocycles. The fourth-order valence-electron chi connectivity index (χ4n) is 3.59. The lowest BCUT2D eigenvalue weighted by Crippen LogP contribution is -2.59. The maximum Gasteiger partial charge on any atom is 0.328 e. The summed E-state index contributed by atoms with van der Waals surface area (Å²) in [5, 5.41) is 56.3. The molecule has 42 heavy (non-hydrogen) atoms. The van der Waals surface area contributed by atoms with Crippen molar-refractivity contribution >= 4 is 41.5 Å². The Bertz CT molecular complexity index is 962. The Kier molecular flexibility index (Phi) is 17.3. The highest BCUT2D eigenvalue weighted by Crippen LogP contribution is 2.09. The molecule has 0 heterocycles. The van der Waals surface area contributed by atoms with Gasteiger partial charge in [0.05, 0.1) is 12.7 Å². The first-order valence-electron chi connectivity index (χ1n) is 13.3. The van der Waals surface area contributed by atoms with E-state index in [1.54, 1.807) is 13.8 Å². The molecule has 6 atom stereocenters. The molecule has 0 bridgehead atoms. The van der Waals surface area contributed by atoms with Crippen LogP contribution in [-0.4, -0.2) is 111 Å². The highest BCUT2D eigenvalue weighted by Gasteiger charge is 2.33. The first-order chi connectivity index (χ1) is 19.5. The minimum absolute atomic E-state index is 0.0529. The van der Waals surface area contributed by atoms with Crippen molar-refractivity contribution in [2.75, 3.05) is 13.2 Å². The Morgan fingerprint density at radius 1 is 0.810 bits per heavy atom. The molecule has 0 rings (SSSR count). The molecule has 0 radical (unpaired) electrons. The number of guanidine groups is 1. The second kappa shape index (κ2) is 19.2. The van der Waals surface area contributed by atoms with Crippen molar-refractivity contribution in [2.24, 2.45) is 17.4 Å². The van der Waals surface area contributed by atoms with E-state index in [0.717, 1.165) is 6.92 Å². The number of aliphatic hydroxyl groups is 2. The van der Waals surface area contributed by atoms with Gasteiger partial charge >= 0.3 is 11.9 Å². The number of hydrogen-bond donors (Lipinski definition) is 12. The number of carboxylic acid groups (broad SMARTS) is 2. The van der Waals surface area contributed by atoms with Crippen LogP contribution in [0.15, 0.2) is 0 Å². The van der Waals surface area contributed by atoms with Crippen LogP contribution in [0.1, 0.15) is 52.9 Å². The smallest absolute Gasteiger partial charge is 0.328 e. The molecule has 0 spiro atoms. The van der Waals surface area contributed by atoms with Gasteiger partial charge in [-0.25, -0.2) is 4.79 Å². The number of aliphatic carboxylic acids is 2. The van der Waals surface area contributed by atoms with Crippen molar-refractivity contribution in [3.63, 3.8) is 0 Å². The molecule has 240 valence electrons. The van der Waals surface area contributed by atoms with Crippen molar-refractivity contribution in [1.29, 1.82) is 5.41 Å².